The molecule has 0 bridgehead atoms. The van der Waals surface area contributed by atoms with Crippen LogP contribution in [-0.4, -0.2) is 47.9 Å². The molecule has 0 aromatic heterocycles. The van der Waals surface area contributed by atoms with Crippen molar-refractivity contribution in [2.45, 2.75) is 45.2 Å². The molecule has 3 aromatic carbocycles. The second kappa shape index (κ2) is 8.63. The number of hydrogen-bond donors (Lipinski definition) is 2. The molecule has 0 amide bonds. The Morgan fingerprint density at radius 3 is 2.32 bits per heavy atom. The van der Waals surface area contributed by atoms with Crippen LogP contribution in [0, 0.1) is 0 Å². The van der Waals surface area contributed by atoms with Crippen LogP contribution in [0.25, 0.3) is 21.5 Å². The number of phenolic OH excluding ortho intramolecular Hbond substituents is 1. The first-order valence-corrected chi connectivity index (χ1v) is 10.7. The number of aliphatic carboxylic acids is 1. The van der Waals surface area contributed by atoms with Gasteiger partial charge in [-0.25, -0.2) is 0 Å². The number of benzene rings is 3. The molecule has 2 N–H and O–H groups in total. The maximum atomic E-state index is 10.1. The lowest BCUT2D eigenvalue weighted by Gasteiger charge is -2.33. The molecule has 0 spiro atoms. The van der Waals surface area contributed by atoms with E-state index in [1.54, 1.807) is 27.2 Å². The Morgan fingerprint density at radius 2 is 1.68 bits per heavy atom. The summed E-state index contributed by atoms with van der Waals surface area (Å²) < 4.78 is 11.1. The second-order valence-corrected chi connectivity index (χ2v) is 8.16. The summed E-state index contributed by atoms with van der Waals surface area (Å²) in [4.78, 5) is 12.0. The molecular weight excluding hydrogens is 394 g/mol. The smallest absolute Gasteiger partial charge is 0.303 e. The van der Waals surface area contributed by atoms with Gasteiger partial charge in [-0.3, -0.25) is 9.69 Å². The fraction of sp³-hybridized carbons (Fsp3) is 0.400. The van der Waals surface area contributed by atoms with E-state index in [4.69, 9.17) is 14.6 Å². The molecule has 1 atom stereocenters. The third kappa shape index (κ3) is 3.88. The summed E-state index contributed by atoms with van der Waals surface area (Å²) in [6.07, 6.45) is 3.87. The van der Waals surface area contributed by atoms with Crippen LogP contribution in [-0.2, 0) is 17.8 Å². The Kier molecular flexibility index (Phi) is 5.92. The zero-order valence-corrected chi connectivity index (χ0v) is 18.3. The van der Waals surface area contributed by atoms with Crippen molar-refractivity contribution in [1.82, 2.24) is 4.90 Å². The van der Waals surface area contributed by atoms with E-state index in [1.807, 2.05) is 6.07 Å². The van der Waals surface area contributed by atoms with E-state index in [2.05, 4.69) is 23.1 Å². The van der Waals surface area contributed by atoms with Crippen molar-refractivity contribution < 1.29 is 24.5 Å². The minimum absolute atomic E-state index is 0.222. The number of rotatable bonds is 3. The largest absolute Gasteiger partial charge is 0.508 e. The highest BCUT2D eigenvalue weighted by Crippen LogP contribution is 2.44. The number of carboxylic acids is 1. The van der Waals surface area contributed by atoms with Gasteiger partial charge in [-0.05, 0) is 82.7 Å². The maximum Gasteiger partial charge on any atom is 0.303 e. The molecule has 164 valence electrons. The third-order valence-corrected chi connectivity index (χ3v) is 6.43. The number of methoxy groups -OCH3 is 2. The van der Waals surface area contributed by atoms with Crippen LogP contribution in [0.1, 0.15) is 37.3 Å². The summed E-state index contributed by atoms with van der Waals surface area (Å²) in [5.41, 5.74) is 2.83. The zero-order chi connectivity index (χ0) is 22.1. The van der Waals surface area contributed by atoms with E-state index >= 15 is 0 Å². The maximum absolute atomic E-state index is 10.1. The fourth-order valence-electron chi connectivity index (χ4n) is 4.88. The first kappa shape index (κ1) is 21.2. The van der Waals surface area contributed by atoms with Crippen molar-refractivity contribution in [2.24, 2.45) is 0 Å². The predicted octanol–water partition coefficient (Wildman–Crippen LogP) is 4.72. The van der Waals surface area contributed by atoms with E-state index < -0.39 is 5.97 Å². The van der Waals surface area contributed by atoms with Crippen LogP contribution in [0.2, 0.25) is 0 Å². The molecule has 1 saturated heterocycles. The minimum atomic E-state index is -0.745. The van der Waals surface area contributed by atoms with E-state index in [1.165, 1.54) is 41.3 Å². The molecule has 0 unspecified atom stereocenters. The van der Waals surface area contributed by atoms with E-state index in [9.17, 15) is 9.90 Å². The van der Waals surface area contributed by atoms with Crippen LogP contribution in [0.3, 0.4) is 0 Å². The summed E-state index contributed by atoms with van der Waals surface area (Å²) in [6.45, 7) is 3.78. The number of hydrogen-bond acceptors (Lipinski definition) is 5. The van der Waals surface area contributed by atoms with Gasteiger partial charge in [0.2, 0.25) is 0 Å². The summed E-state index contributed by atoms with van der Waals surface area (Å²) in [6, 6.07) is 10.5. The highest BCUT2D eigenvalue weighted by molar-refractivity contribution is 6.12. The van der Waals surface area contributed by atoms with Crippen LogP contribution >= 0.6 is 0 Å². The number of fused-ring (bicyclic) bond motifs is 7. The Bertz CT molecular complexity index is 1140. The molecule has 2 aliphatic rings. The van der Waals surface area contributed by atoms with Crippen LogP contribution in [0.15, 0.2) is 30.3 Å². The zero-order valence-electron chi connectivity index (χ0n) is 18.3. The van der Waals surface area contributed by atoms with Crippen molar-refractivity contribution in [3.63, 3.8) is 0 Å². The average Bonchev–Trinajstić information content (AvgIpc) is 3.25. The Hall–Kier alpha value is -2.99. The van der Waals surface area contributed by atoms with Crippen molar-refractivity contribution in [3.05, 3.63) is 41.5 Å². The molecule has 31 heavy (non-hydrogen) atoms. The van der Waals surface area contributed by atoms with Crippen LogP contribution in [0.5, 0.6) is 17.2 Å². The minimum Gasteiger partial charge on any atom is -0.508 e. The molecule has 1 fully saturated rings. The number of ether oxygens (including phenoxy) is 2. The molecule has 0 radical (unpaired) electrons. The third-order valence-electron chi connectivity index (χ3n) is 6.43. The van der Waals surface area contributed by atoms with Gasteiger partial charge in [-0.15, -0.1) is 0 Å². The lowest BCUT2D eigenvalue weighted by Crippen LogP contribution is -2.35. The molecule has 3 aromatic rings. The SMILES string of the molecule is CCC(=O)O.COc1cc2c3c(c4ccc(O)cc4c2cc1OC)CN1CCC[C@H]1C3. The van der Waals surface area contributed by atoms with Crippen molar-refractivity contribution in [3.8, 4) is 17.2 Å². The molecule has 0 saturated carbocycles. The van der Waals surface area contributed by atoms with Crippen LogP contribution in [0.4, 0.5) is 0 Å². The topological polar surface area (TPSA) is 79.2 Å². The lowest BCUT2D eigenvalue weighted by molar-refractivity contribution is -0.136. The highest BCUT2D eigenvalue weighted by atomic mass is 16.5. The quantitative estimate of drug-likeness (QED) is 0.594. The van der Waals surface area contributed by atoms with Crippen molar-refractivity contribution >= 4 is 27.5 Å². The fourth-order valence-corrected chi connectivity index (χ4v) is 4.88. The van der Waals surface area contributed by atoms with Gasteiger partial charge in [0.05, 0.1) is 14.2 Å². The predicted molar refractivity (Wildman–Crippen MR) is 121 cm³/mol. The number of carbonyl (C=O) groups is 1. The van der Waals surface area contributed by atoms with Crippen molar-refractivity contribution in [1.29, 1.82) is 0 Å². The monoisotopic (exact) mass is 423 g/mol. The number of nitrogens with zero attached hydrogens (tertiary/aromatic N) is 1. The van der Waals surface area contributed by atoms with E-state index in [-0.39, 0.29) is 6.42 Å². The first-order valence-electron chi connectivity index (χ1n) is 10.7. The van der Waals surface area contributed by atoms with Crippen molar-refractivity contribution in [2.75, 3.05) is 20.8 Å². The van der Waals surface area contributed by atoms with Gasteiger partial charge >= 0.3 is 5.97 Å². The lowest BCUT2D eigenvalue weighted by atomic mass is 9.85. The van der Waals surface area contributed by atoms with Gasteiger partial charge in [0, 0.05) is 19.0 Å². The first-order chi connectivity index (χ1) is 15.0. The van der Waals surface area contributed by atoms with Crippen LogP contribution < -0.4 is 9.47 Å². The van der Waals surface area contributed by atoms with Gasteiger partial charge in [-0.2, -0.15) is 0 Å². The number of carboxylic acid groups (broad SMARTS) is 1. The summed E-state index contributed by atoms with van der Waals surface area (Å²) >= 11 is 0. The summed E-state index contributed by atoms with van der Waals surface area (Å²) in [5, 5.41) is 22.5. The van der Waals surface area contributed by atoms with E-state index in [0.717, 1.165) is 35.2 Å². The summed E-state index contributed by atoms with van der Waals surface area (Å²) in [7, 11) is 3.35. The Morgan fingerprint density at radius 1 is 1.03 bits per heavy atom. The highest BCUT2D eigenvalue weighted by Gasteiger charge is 2.32. The number of phenols is 1. The van der Waals surface area contributed by atoms with Gasteiger partial charge in [-0.1, -0.05) is 13.0 Å². The normalized spacial score (nSPS) is 17.6. The van der Waals surface area contributed by atoms with Gasteiger partial charge in [0.15, 0.2) is 11.5 Å². The summed E-state index contributed by atoms with van der Waals surface area (Å²) in [5.74, 6) is 1.03. The Labute approximate surface area is 182 Å². The molecule has 5 rings (SSSR count). The molecule has 2 heterocycles. The average molecular weight is 424 g/mol. The molecule has 6 heteroatoms. The molecule has 2 aliphatic heterocycles. The second-order valence-electron chi connectivity index (χ2n) is 8.16. The molecule has 6 nitrogen and oxygen atoms in total. The molecular formula is C25H29NO5. The number of aromatic hydroxyl groups is 1. The van der Waals surface area contributed by atoms with E-state index in [0.29, 0.717) is 11.8 Å². The standard InChI is InChI=1S/C22H23NO3.C3H6O2/c1-25-21-10-18-16-8-13-4-3-7-23(13)12-20(16)15-6-5-14(24)9-17(15)19(18)11-22(21)26-2;1-2-3(4)5/h5-6,9-11,13,24H,3-4,7-8,12H2,1-2H3;2H2,1H3,(H,4,5)/t13-;/m0./s1. The van der Waals surface area contributed by atoms with Gasteiger partial charge < -0.3 is 19.7 Å². The van der Waals surface area contributed by atoms with Gasteiger partial charge in [0.25, 0.3) is 0 Å². The molecule has 0 aliphatic carbocycles. The Balaban J connectivity index is 0.000000418. The van der Waals surface area contributed by atoms with Gasteiger partial charge in [0.1, 0.15) is 5.75 Å².